The zero-order valence-electron chi connectivity index (χ0n) is 14.1. The van der Waals surface area contributed by atoms with Crippen molar-refractivity contribution < 1.29 is 14.4 Å². The molecule has 0 bridgehead atoms. The predicted molar refractivity (Wildman–Crippen MR) is 96.3 cm³/mol. The van der Waals surface area contributed by atoms with Gasteiger partial charge in [-0.1, -0.05) is 32.1 Å². The van der Waals surface area contributed by atoms with Crippen molar-refractivity contribution in [1.29, 1.82) is 0 Å². The van der Waals surface area contributed by atoms with Gasteiger partial charge in [0.05, 0.1) is 6.16 Å². The average Bonchev–Trinajstić information content (AvgIpc) is 2.92. The molecule has 0 unspecified atom stereocenters. The van der Waals surface area contributed by atoms with Gasteiger partial charge in [0, 0.05) is 13.1 Å². The van der Waals surface area contributed by atoms with Gasteiger partial charge in [0.25, 0.3) is 0 Å². The molecule has 25 heavy (non-hydrogen) atoms. The Bertz CT molecular complexity index is 768. The van der Waals surface area contributed by atoms with Crippen LogP contribution in [0, 0.1) is 5.92 Å². The van der Waals surface area contributed by atoms with Gasteiger partial charge >= 0.3 is 7.60 Å². The molecule has 1 fully saturated rings. The Morgan fingerprint density at radius 1 is 1.28 bits per heavy atom. The highest BCUT2D eigenvalue weighted by Crippen LogP contribution is 2.33. The van der Waals surface area contributed by atoms with E-state index in [0.717, 1.165) is 13.0 Å². The summed E-state index contributed by atoms with van der Waals surface area (Å²) in [7, 11) is -4.05. The molecule has 1 aliphatic rings. The molecule has 9 nitrogen and oxygen atoms in total. The van der Waals surface area contributed by atoms with E-state index in [2.05, 4.69) is 20.3 Å². The first-order valence-electron chi connectivity index (χ1n) is 8.69. The van der Waals surface area contributed by atoms with E-state index in [0.29, 0.717) is 28.8 Å². The van der Waals surface area contributed by atoms with Gasteiger partial charge in [-0.05, 0) is 12.3 Å². The van der Waals surface area contributed by atoms with Crippen molar-refractivity contribution in [1.82, 2.24) is 19.5 Å². The molecule has 0 saturated heterocycles. The summed E-state index contributed by atoms with van der Waals surface area (Å²) in [6.07, 6.45) is 8.60. The smallest absolute Gasteiger partial charge is 0.327 e. The first-order valence-corrected chi connectivity index (χ1v) is 10.5. The van der Waals surface area contributed by atoms with Crippen molar-refractivity contribution in [2.24, 2.45) is 5.92 Å². The monoisotopic (exact) mass is 368 g/mol. The van der Waals surface area contributed by atoms with Gasteiger partial charge in [-0.15, -0.1) is 0 Å². The van der Waals surface area contributed by atoms with Crippen molar-refractivity contribution in [2.45, 2.75) is 45.1 Å². The molecule has 2 aromatic heterocycles. The highest BCUT2D eigenvalue weighted by molar-refractivity contribution is 7.51. The molecule has 1 saturated carbocycles. The maximum atomic E-state index is 11.0. The van der Waals surface area contributed by atoms with Crippen LogP contribution in [0.25, 0.3) is 11.2 Å². The number of nitrogens with two attached hydrogens (primary N) is 1. The lowest BCUT2D eigenvalue weighted by molar-refractivity contribution is 0.325. The number of nitrogens with one attached hydrogen (secondary N) is 1. The third-order valence-corrected chi connectivity index (χ3v) is 5.54. The van der Waals surface area contributed by atoms with Crippen LogP contribution in [0.5, 0.6) is 0 Å². The summed E-state index contributed by atoms with van der Waals surface area (Å²) in [5, 5.41) is 3.01. The van der Waals surface area contributed by atoms with Gasteiger partial charge in [0.2, 0.25) is 5.95 Å². The molecule has 138 valence electrons. The standard InChI is InChI=1S/C15H25N6O3P/c16-13-12-14(19-10-18-13)21(8-6-11-4-2-1-3-5-11)15(20-12)17-7-9-25(22,23)24/h10-11H,1-9H2,(H,17,20)(H2,16,18,19)(H2,22,23,24). The highest BCUT2D eigenvalue weighted by Gasteiger charge is 2.19. The maximum absolute atomic E-state index is 11.0. The lowest BCUT2D eigenvalue weighted by Crippen LogP contribution is -2.15. The van der Waals surface area contributed by atoms with Gasteiger partial charge in [0.15, 0.2) is 17.0 Å². The van der Waals surface area contributed by atoms with Crippen molar-refractivity contribution in [2.75, 3.05) is 23.8 Å². The van der Waals surface area contributed by atoms with E-state index in [1.165, 1.54) is 38.4 Å². The average molecular weight is 368 g/mol. The van der Waals surface area contributed by atoms with Crippen LogP contribution in [-0.4, -0.2) is 42.0 Å². The zero-order chi connectivity index (χ0) is 17.9. The number of nitrogens with zero attached hydrogens (tertiary/aromatic N) is 4. The van der Waals surface area contributed by atoms with Crippen molar-refractivity contribution >= 4 is 30.5 Å². The SMILES string of the molecule is Nc1ncnc2c1nc(NCCP(=O)(O)O)n2CCC1CCCCC1. The van der Waals surface area contributed by atoms with Crippen molar-refractivity contribution in [3.05, 3.63) is 6.33 Å². The largest absolute Gasteiger partial charge is 0.382 e. The Balaban J connectivity index is 1.78. The van der Waals surface area contributed by atoms with Crippen LogP contribution < -0.4 is 11.1 Å². The van der Waals surface area contributed by atoms with Gasteiger partial charge in [-0.2, -0.15) is 0 Å². The van der Waals surface area contributed by atoms with E-state index in [1.807, 2.05) is 4.57 Å². The van der Waals surface area contributed by atoms with Crippen LogP contribution in [0.15, 0.2) is 6.33 Å². The van der Waals surface area contributed by atoms with Gasteiger partial charge in [-0.3, -0.25) is 9.13 Å². The Labute approximate surface area is 146 Å². The van der Waals surface area contributed by atoms with E-state index < -0.39 is 7.60 Å². The lowest BCUT2D eigenvalue weighted by atomic mass is 9.87. The molecule has 0 aliphatic heterocycles. The number of imidazole rings is 1. The van der Waals surface area contributed by atoms with E-state index in [1.54, 1.807) is 0 Å². The molecular weight excluding hydrogens is 343 g/mol. The Kier molecular flexibility index (Phi) is 5.56. The molecule has 2 aromatic rings. The number of anilines is 2. The number of hydrogen-bond acceptors (Lipinski definition) is 6. The number of aromatic nitrogens is 4. The quantitative estimate of drug-likeness (QED) is 0.544. The zero-order valence-corrected chi connectivity index (χ0v) is 15.0. The van der Waals surface area contributed by atoms with Gasteiger partial charge < -0.3 is 20.8 Å². The summed E-state index contributed by atoms with van der Waals surface area (Å²) in [6.45, 7) is 0.875. The van der Waals surface area contributed by atoms with Crippen LogP contribution >= 0.6 is 7.60 Å². The third kappa shape index (κ3) is 4.68. The summed E-state index contributed by atoms with van der Waals surface area (Å²) in [6, 6.07) is 0. The number of aryl methyl sites for hydroxylation is 1. The normalized spacial score (nSPS) is 16.4. The first kappa shape index (κ1) is 18.1. The van der Waals surface area contributed by atoms with Crippen molar-refractivity contribution in [3.8, 4) is 0 Å². The van der Waals surface area contributed by atoms with Gasteiger partial charge in [-0.25, -0.2) is 15.0 Å². The fourth-order valence-electron chi connectivity index (χ4n) is 3.40. The topological polar surface area (TPSA) is 139 Å². The number of nitrogen functional groups attached to an aromatic ring is 1. The summed E-state index contributed by atoms with van der Waals surface area (Å²) in [5.74, 6) is 1.54. The van der Waals surface area contributed by atoms with Crippen molar-refractivity contribution in [3.63, 3.8) is 0 Å². The minimum atomic E-state index is -4.05. The second-order valence-corrected chi connectivity index (χ2v) is 8.40. The molecule has 3 rings (SSSR count). The Hall–Kier alpha value is -1.70. The molecule has 1 aliphatic carbocycles. The summed E-state index contributed by atoms with van der Waals surface area (Å²) < 4.78 is 13.0. The number of rotatable bonds is 7. The molecule has 0 spiro atoms. The summed E-state index contributed by atoms with van der Waals surface area (Å²) >= 11 is 0. The van der Waals surface area contributed by atoms with Crippen LogP contribution in [0.3, 0.4) is 0 Å². The van der Waals surface area contributed by atoms with Crippen LogP contribution in [0.1, 0.15) is 38.5 Å². The molecule has 0 atom stereocenters. The molecule has 5 N–H and O–H groups in total. The maximum Gasteiger partial charge on any atom is 0.327 e. The predicted octanol–water partition coefficient (Wildman–Crippen LogP) is 1.97. The summed E-state index contributed by atoms with van der Waals surface area (Å²) in [4.78, 5) is 30.8. The highest BCUT2D eigenvalue weighted by atomic mass is 31.2. The number of fused-ring (bicyclic) bond motifs is 1. The van der Waals surface area contributed by atoms with E-state index in [4.69, 9.17) is 15.5 Å². The van der Waals surface area contributed by atoms with E-state index >= 15 is 0 Å². The Morgan fingerprint density at radius 3 is 2.76 bits per heavy atom. The van der Waals surface area contributed by atoms with Gasteiger partial charge in [0.1, 0.15) is 6.33 Å². The van der Waals surface area contributed by atoms with E-state index in [9.17, 15) is 4.57 Å². The molecule has 10 heteroatoms. The molecule has 0 amide bonds. The minimum absolute atomic E-state index is 0.129. The molecule has 0 aromatic carbocycles. The summed E-state index contributed by atoms with van der Waals surface area (Å²) in [5.41, 5.74) is 7.07. The van der Waals surface area contributed by atoms with Crippen LogP contribution in [0.4, 0.5) is 11.8 Å². The first-order chi connectivity index (χ1) is 11.9. The fourth-order valence-corrected chi connectivity index (χ4v) is 3.80. The van der Waals surface area contributed by atoms with Crippen LogP contribution in [-0.2, 0) is 11.1 Å². The lowest BCUT2D eigenvalue weighted by Gasteiger charge is -2.22. The molecule has 2 heterocycles. The third-order valence-electron chi connectivity index (χ3n) is 4.73. The molecule has 0 radical (unpaired) electrons. The fraction of sp³-hybridized carbons (Fsp3) is 0.667. The molecular formula is C15H25N6O3P. The second-order valence-electron chi connectivity index (χ2n) is 6.63. The minimum Gasteiger partial charge on any atom is -0.382 e. The van der Waals surface area contributed by atoms with Crippen LogP contribution in [0.2, 0.25) is 0 Å². The Morgan fingerprint density at radius 2 is 2.04 bits per heavy atom. The van der Waals surface area contributed by atoms with E-state index in [-0.39, 0.29) is 12.7 Å². The number of hydrogen-bond donors (Lipinski definition) is 4. The second kappa shape index (κ2) is 7.68.